The molecule has 4 atom stereocenters. The fourth-order valence-electron chi connectivity index (χ4n) is 5.01. The van der Waals surface area contributed by atoms with Gasteiger partial charge >= 0.3 is 19.8 Å². The largest absolute Gasteiger partial charge is 0.472 e. The number of hydrogen-bond donors (Lipinski definition) is 4. The van der Waals surface area contributed by atoms with Crippen LogP contribution in [0.4, 0.5) is 0 Å². The molecule has 0 spiro atoms. The zero-order valence-electron chi connectivity index (χ0n) is 35.3. The van der Waals surface area contributed by atoms with Gasteiger partial charge in [-0.25, -0.2) is 4.57 Å². The van der Waals surface area contributed by atoms with Gasteiger partial charge in [0.05, 0.1) is 25.9 Å². The quantitative estimate of drug-likeness (QED) is 0.0154. The van der Waals surface area contributed by atoms with Gasteiger partial charge in [-0.1, -0.05) is 143 Å². The van der Waals surface area contributed by atoms with Crippen LogP contribution < -0.4 is 0 Å². The monoisotopic (exact) mass is 835 g/mol. The lowest BCUT2D eigenvalue weighted by molar-refractivity contribution is -0.161. The molecule has 330 valence electrons. The fraction of sp³-hybridized carbons (Fsp3) is 0.609. The molecule has 0 aliphatic heterocycles. The molecular weight excluding hydrogens is 759 g/mol. The van der Waals surface area contributed by atoms with Crippen LogP contribution in [0.2, 0.25) is 0 Å². The zero-order valence-corrected chi connectivity index (χ0v) is 36.2. The summed E-state index contributed by atoms with van der Waals surface area (Å²) in [5.41, 5.74) is 0. The van der Waals surface area contributed by atoms with Crippen LogP contribution in [-0.2, 0) is 32.7 Å². The van der Waals surface area contributed by atoms with Crippen molar-refractivity contribution in [3.8, 4) is 0 Å². The third-order valence-corrected chi connectivity index (χ3v) is 9.27. The number of esters is 2. The molecule has 0 saturated heterocycles. The van der Waals surface area contributed by atoms with Gasteiger partial charge in [0.25, 0.3) is 0 Å². The van der Waals surface area contributed by atoms with Gasteiger partial charge in [-0.2, -0.15) is 0 Å². The van der Waals surface area contributed by atoms with Gasteiger partial charge in [-0.15, -0.1) is 0 Å². The van der Waals surface area contributed by atoms with Crippen LogP contribution in [0.25, 0.3) is 0 Å². The van der Waals surface area contributed by atoms with Crippen molar-refractivity contribution in [2.75, 3.05) is 26.4 Å². The van der Waals surface area contributed by atoms with E-state index in [1.54, 1.807) is 6.08 Å². The molecule has 0 saturated carbocycles. The number of hydrogen-bond acceptors (Lipinski definition) is 10. The topological polar surface area (TPSA) is 169 Å². The highest BCUT2D eigenvalue weighted by atomic mass is 31.2. The maximum absolute atomic E-state index is 12.6. The lowest BCUT2D eigenvalue weighted by Crippen LogP contribution is -2.29. The third-order valence-electron chi connectivity index (χ3n) is 8.32. The molecule has 11 nitrogen and oxygen atoms in total. The second kappa shape index (κ2) is 40.6. The van der Waals surface area contributed by atoms with Crippen molar-refractivity contribution in [2.45, 2.75) is 154 Å². The van der Waals surface area contributed by atoms with Crippen LogP contribution >= 0.6 is 7.82 Å². The first-order valence-corrected chi connectivity index (χ1v) is 22.8. The molecule has 0 rings (SSSR count). The van der Waals surface area contributed by atoms with Crippen molar-refractivity contribution < 1.29 is 52.9 Å². The van der Waals surface area contributed by atoms with E-state index in [4.69, 9.17) is 19.1 Å². The van der Waals surface area contributed by atoms with Gasteiger partial charge in [0.15, 0.2) is 6.10 Å². The second-order valence-corrected chi connectivity index (χ2v) is 15.3. The van der Waals surface area contributed by atoms with E-state index < -0.39 is 57.9 Å². The molecule has 0 aromatic carbocycles. The van der Waals surface area contributed by atoms with Crippen molar-refractivity contribution in [1.82, 2.24) is 0 Å². The Hall–Kier alpha value is -3.15. The number of carbonyl (C=O) groups is 2. The minimum atomic E-state index is -4.66. The van der Waals surface area contributed by atoms with Gasteiger partial charge in [0, 0.05) is 12.8 Å². The minimum Gasteiger partial charge on any atom is -0.462 e. The molecule has 12 heteroatoms. The SMILES string of the molecule is CC/C=C\CC(O)/C=C/C=C/C/C=C\C/C=C\C/C=C\CCC(=O)O[C@H](COC(=O)CCCCCCC/C=C\C/C=C\CCCCC)COP(=O)(O)OC[C@@H](O)CO. The van der Waals surface area contributed by atoms with Crippen LogP contribution in [0.1, 0.15) is 136 Å². The predicted molar refractivity (Wildman–Crippen MR) is 234 cm³/mol. The van der Waals surface area contributed by atoms with Gasteiger partial charge < -0.3 is 29.7 Å². The summed E-state index contributed by atoms with van der Waals surface area (Å²) in [6.45, 7) is 2.00. The summed E-state index contributed by atoms with van der Waals surface area (Å²) in [6.07, 6.45) is 45.7. The molecule has 0 aromatic heterocycles. The Bertz CT molecular complexity index is 1300. The Labute approximate surface area is 349 Å². The number of phosphoric ester groups is 1. The molecule has 58 heavy (non-hydrogen) atoms. The molecule has 2 unspecified atom stereocenters. The van der Waals surface area contributed by atoms with Crippen LogP contribution in [0, 0.1) is 0 Å². The number of carbonyl (C=O) groups excluding carboxylic acids is 2. The summed E-state index contributed by atoms with van der Waals surface area (Å²) in [5.74, 6) is -1.07. The summed E-state index contributed by atoms with van der Waals surface area (Å²) >= 11 is 0. The third kappa shape index (κ3) is 39.7. The summed E-state index contributed by atoms with van der Waals surface area (Å²) in [5, 5.41) is 28.2. The van der Waals surface area contributed by atoms with Crippen molar-refractivity contribution in [3.05, 3.63) is 97.2 Å². The zero-order chi connectivity index (χ0) is 42.8. The number of aliphatic hydroxyl groups is 3. The lowest BCUT2D eigenvalue weighted by Gasteiger charge is -2.20. The second-order valence-electron chi connectivity index (χ2n) is 13.8. The number of phosphoric acid groups is 1. The normalized spacial score (nSPS) is 15.3. The molecule has 0 aromatic rings. The van der Waals surface area contributed by atoms with Gasteiger partial charge in [0.1, 0.15) is 12.7 Å². The molecule has 0 aliphatic carbocycles. The number of rotatable bonds is 38. The molecule has 0 radical (unpaired) electrons. The number of unbranched alkanes of at least 4 members (excludes halogenated alkanes) is 8. The Morgan fingerprint density at radius 1 is 0.603 bits per heavy atom. The van der Waals surface area contributed by atoms with E-state index in [0.29, 0.717) is 25.7 Å². The van der Waals surface area contributed by atoms with E-state index in [0.717, 1.165) is 64.2 Å². The highest BCUT2D eigenvalue weighted by molar-refractivity contribution is 7.47. The smallest absolute Gasteiger partial charge is 0.462 e. The van der Waals surface area contributed by atoms with E-state index in [2.05, 4.69) is 60.9 Å². The van der Waals surface area contributed by atoms with E-state index in [9.17, 15) is 29.3 Å². The van der Waals surface area contributed by atoms with E-state index in [1.165, 1.54) is 19.3 Å². The van der Waals surface area contributed by atoms with Crippen molar-refractivity contribution in [3.63, 3.8) is 0 Å². The standard InChI is InChI=1S/C46H75O11P/c1-3-5-7-8-9-10-11-12-13-16-19-22-25-28-32-36-45(50)54-40-44(41-56-58(52,53)55-39-43(49)38-47)57-46(51)37-33-29-26-23-20-17-14-15-18-21-24-27-31-35-42(48)34-30-6-4-2/h6,9-10,12-13,15,17-18,20,24,26-27,29-31,35,42-44,47-49H,3-5,7-8,11,14,16,19,21-23,25,28,32-34,36-41H2,1-2H3,(H,52,53)/b10-9-,13-12-,18-15-,20-17-,27-24+,29-26-,30-6-,35-31+/t42?,43-,44+/m0/s1. The van der Waals surface area contributed by atoms with Crippen molar-refractivity contribution in [2.24, 2.45) is 0 Å². The molecular formula is C46H75O11P. The minimum absolute atomic E-state index is 0.0346. The summed E-state index contributed by atoms with van der Waals surface area (Å²) in [7, 11) is -4.66. The number of allylic oxidation sites excluding steroid dienone is 14. The molecule has 0 bridgehead atoms. The van der Waals surface area contributed by atoms with Crippen LogP contribution in [0.5, 0.6) is 0 Å². The van der Waals surface area contributed by atoms with E-state index in [1.807, 2.05) is 48.6 Å². The van der Waals surface area contributed by atoms with Gasteiger partial charge in [-0.3, -0.25) is 18.6 Å². The molecule has 0 aliphatic rings. The van der Waals surface area contributed by atoms with Crippen molar-refractivity contribution in [1.29, 1.82) is 0 Å². The summed E-state index contributed by atoms with van der Waals surface area (Å²) < 4.78 is 32.6. The van der Waals surface area contributed by atoms with Gasteiger partial charge in [-0.05, 0) is 77.0 Å². The van der Waals surface area contributed by atoms with E-state index in [-0.39, 0.29) is 19.4 Å². The Kier molecular flexibility index (Phi) is 38.4. The average molecular weight is 835 g/mol. The highest BCUT2D eigenvalue weighted by Crippen LogP contribution is 2.43. The summed E-state index contributed by atoms with van der Waals surface area (Å²) in [6, 6.07) is 0. The highest BCUT2D eigenvalue weighted by Gasteiger charge is 2.27. The maximum atomic E-state index is 12.6. The fourth-order valence-corrected chi connectivity index (χ4v) is 5.80. The first kappa shape index (κ1) is 54.9. The van der Waals surface area contributed by atoms with Crippen LogP contribution in [0.3, 0.4) is 0 Å². The Balaban J connectivity index is 4.52. The molecule has 0 amide bonds. The first-order valence-electron chi connectivity index (χ1n) is 21.3. The molecule has 4 N–H and O–H groups in total. The van der Waals surface area contributed by atoms with Crippen LogP contribution in [0.15, 0.2) is 97.2 Å². The predicted octanol–water partition coefficient (Wildman–Crippen LogP) is 10.2. The average Bonchev–Trinajstić information content (AvgIpc) is 3.20. The Morgan fingerprint density at radius 2 is 1.17 bits per heavy atom. The van der Waals surface area contributed by atoms with Crippen LogP contribution in [-0.4, -0.2) is 76.9 Å². The molecule has 0 heterocycles. The number of ether oxygens (including phenoxy) is 2. The van der Waals surface area contributed by atoms with E-state index >= 15 is 0 Å². The molecule has 0 fully saturated rings. The first-order chi connectivity index (χ1) is 28.1. The lowest BCUT2D eigenvalue weighted by atomic mass is 10.1. The number of aliphatic hydroxyl groups excluding tert-OH is 3. The van der Waals surface area contributed by atoms with Crippen molar-refractivity contribution >= 4 is 19.8 Å². The maximum Gasteiger partial charge on any atom is 0.472 e. The summed E-state index contributed by atoms with van der Waals surface area (Å²) in [4.78, 5) is 34.9. The van der Waals surface area contributed by atoms with Gasteiger partial charge in [0.2, 0.25) is 0 Å². The Morgan fingerprint density at radius 3 is 1.81 bits per heavy atom.